The van der Waals surface area contributed by atoms with E-state index in [0.717, 1.165) is 12.0 Å². The van der Waals surface area contributed by atoms with Gasteiger partial charge in [-0.2, -0.15) is 0 Å². The lowest BCUT2D eigenvalue weighted by Gasteiger charge is -2.27. The predicted octanol–water partition coefficient (Wildman–Crippen LogP) is 3.22. The maximum atomic E-state index is 13.4. The molecule has 15 heavy (non-hydrogen) atoms. The van der Waals surface area contributed by atoms with Gasteiger partial charge in [0, 0.05) is 15.5 Å². The van der Waals surface area contributed by atoms with Gasteiger partial charge in [-0.1, -0.05) is 19.1 Å². The molecule has 0 radical (unpaired) electrons. The summed E-state index contributed by atoms with van der Waals surface area (Å²) in [5.41, 5.74) is 6.46. The Morgan fingerprint density at radius 2 is 2.27 bits per heavy atom. The van der Waals surface area contributed by atoms with Gasteiger partial charge in [0.05, 0.1) is 0 Å². The molecule has 0 saturated carbocycles. The van der Waals surface area contributed by atoms with Crippen LogP contribution >= 0.6 is 22.6 Å². The smallest absolute Gasteiger partial charge is 0.136 e. The first-order chi connectivity index (χ1) is 7.03. The third-order valence-corrected chi connectivity index (χ3v) is 3.54. The molecule has 0 fully saturated rings. The van der Waals surface area contributed by atoms with Crippen LogP contribution in [0.15, 0.2) is 30.9 Å². The van der Waals surface area contributed by atoms with E-state index in [1.807, 2.05) is 41.7 Å². The van der Waals surface area contributed by atoms with E-state index in [0.29, 0.717) is 10.1 Å². The van der Waals surface area contributed by atoms with E-state index < -0.39 is 0 Å². The number of nitrogens with two attached hydrogens (primary N) is 1. The largest absolute Gasteiger partial charge is 0.330 e. The van der Waals surface area contributed by atoms with E-state index in [2.05, 4.69) is 6.58 Å². The first-order valence-corrected chi connectivity index (χ1v) is 5.88. The molecule has 0 aliphatic rings. The summed E-state index contributed by atoms with van der Waals surface area (Å²) < 4.78 is 14.0. The summed E-state index contributed by atoms with van der Waals surface area (Å²) in [6.45, 7) is 6.22. The molecule has 1 nitrogen and oxygen atoms in total. The highest BCUT2D eigenvalue weighted by atomic mass is 127. The fraction of sp³-hybridized carbons (Fsp3) is 0.333. The lowest BCUT2D eigenvalue weighted by molar-refractivity contribution is 0.486. The molecule has 0 heterocycles. The van der Waals surface area contributed by atoms with Gasteiger partial charge in [-0.05, 0) is 46.7 Å². The van der Waals surface area contributed by atoms with Crippen LogP contribution in [-0.2, 0) is 5.41 Å². The van der Waals surface area contributed by atoms with Crippen molar-refractivity contribution < 1.29 is 4.39 Å². The molecular weight excluding hydrogens is 304 g/mol. The Kier molecular flexibility index (Phi) is 4.28. The van der Waals surface area contributed by atoms with Crippen LogP contribution in [0.5, 0.6) is 0 Å². The Morgan fingerprint density at radius 1 is 1.60 bits per heavy atom. The SMILES string of the molecule is C=CCC(C)(CN)c1ccc(I)c(F)c1. The van der Waals surface area contributed by atoms with E-state index in [1.165, 1.54) is 0 Å². The van der Waals surface area contributed by atoms with Crippen molar-refractivity contribution in [3.63, 3.8) is 0 Å². The molecule has 0 aromatic heterocycles. The minimum atomic E-state index is -0.215. The molecule has 0 saturated heterocycles. The van der Waals surface area contributed by atoms with Crippen molar-refractivity contribution in [1.29, 1.82) is 0 Å². The molecule has 3 heteroatoms. The lowest BCUT2D eigenvalue weighted by atomic mass is 9.79. The van der Waals surface area contributed by atoms with Gasteiger partial charge >= 0.3 is 0 Å². The zero-order valence-electron chi connectivity index (χ0n) is 8.76. The molecule has 0 spiro atoms. The van der Waals surface area contributed by atoms with E-state index >= 15 is 0 Å². The van der Waals surface area contributed by atoms with Crippen molar-refractivity contribution >= 4 is 22.6 Å². The molecule has 1 atom stereocenters. The average molecular weight is 319 g/mol. The normalized spacial score (nSPS) is 14.7. The van der Waals surface area contributed by atoms with Gasteiger partial charge in [-0.15, -0.1) is 6.58 Å². The molecule has 1 unspecified atom stereocenters. The topological polar surface area (TPSA) is 26.0 Å². The van der Waals surface area contributed by atoms with E-state index in [9.17, 15) is 4.39 Å². The molecule has 0 bridgehead atoms. The van der Waals surface area contributed by atoms with Gasteiger partial charge in [0.2, 0.25) is 0 Å². The standard InChI is InChI=1S/C12H15FIN/c1-3-6-12(2,8-15)9-4-5-11(14)10(13)7-9/h3-5,7H,1,6,8,15H2,2H3. The number of halogens is 2. The van der Waals surface area contributed by atoms with Crippen LogP contribution in [-0.4, -0.2) is 6.54 Å². The summed E-state index contributed by atoms with van der Waals surface area (Å²) >= 11 is 1.98. The molecule has 0 aliphatic heterocycles. The maximum Gasteiger partial charge on any atom is 0.136 e. The molecule has 2 N–H and O–H groups in total. The molecule has 0 aliphatic carbocycles. The van der Waals surface area contributed by atoms with Crippen LogP contribution < -0.4 is 5.73 Å². The van der Waals surface area contributed by atoms with Crippen LogP contribution in [0.25, 0.3) is 0 Å². The van der Waals surface area contributed by atoms with Crippen LogP contribution in [0.2, 0.25) is 0 Å². The summed E-state index contributed by atoms with van der Waals surface area (Å²) in [6.07, 6.45) is 2.58. The molecule has 1 aromatic rings. The van der Waals surface area contributed by atoms with Gasteiger partial charge in [-0.3, -0.25) is 0 Å². The van der Waals surface area contributed by atoms with Crippen molar-refractivity contribution in [1.82, 2.24) is 0 Å². The highest BCUT2D eigenvalue weighted by Gasteiger charge is 2.24. The van der Waals surface area contributed by atoms with Gasteiger partial charge < -0.3 is 5.73 Å². The minimum Gasteiger partial charge on any atom is -0.330 e. The first kappa shape index (κ1) is 12.6. The summed E-state index contributed by atoms with van der Waals surface area (Å²) in [6, 6.07) is 5.28. The fourth-order valence-corrected chi connectivity index (χ4v) is 1.84. The third-order valence-electron chi connectivity index (χ3n) is 2.66. The second kappa shape index (κ2) is 5.07. The van der Waals surface area contributed by atoms with E-state index in [4.69, 9.17) is 5.73 Å². The minimum absolute atomic E-state index is 0.183. The van der Waals surface area contributed by atoms with Gasteiger partial charge in [-0.25, -0.2) is 4.39 Å². The highest BCUT2D eigenvalue weighted by Crippen LogP contribution is 2.28. The van der Waals surface area contributed by atoms with Crippen LogP contribution in [0.4, 0.5) is 4.39 Å². The summed E-state index contributed by atoms with van der Waals surface area (Å²) in [4.78, 5) is 0. The Balaban J connectivity index is 3.12. The second-order valence-electron chi connectivity index (χ2n) is 3.89. The van der Waals surface area contributed by atoms with E-state index in [1.54, 1.807) is 12.1 Å². The third kappa shape index (κ3) is 2.78. The molecule has 0 amide bonds. The zero-order chi connectivity index (χ0) is 11.5. The number of hydrogen-bond acceptors (Lipinski definition) is 1. The number of hydrogen-bond donors (Lipinski definition) is 1. The second-order valence-corrected chi connectivity index (χ2v) is 5.05. The van der Waals surface area contributed by atoms with Crippen LogP contribution in [0.1, 0.15) is 18.9 Å². The number of rotatable bonds is 4. The van der Waals surface area contributed by atoms with E-state index in [-0.39, 0.29) is 11.2 Å². The zero-order valence-corrected chi connectivity index (χ0v) is 10.9. The number of allylic oxidation sites excluding steroid dienone is 1. The van der Waals surface area contributed by atoms with Crippen LogP contribution in [0, 0.1) is 9.39 Å². The van der Waals surface area contributed by atoms with Crippen molar-refractivity contribution in [2.75, 3.05) is 6.54 Å². The van der Waals surface area contributed by atoms with Crippen LogP contribution in [0.3, 0.4) is 0 Å². The average Bonchev–Trinajstić information content (AvgIpc) is 2.22. The van der Waals surface area contributed by atoms with Gasteiger partial charge in [0.15, 0.2) is 0 Å². The Labute approximate surface area is 104 Å². The monoisotopic (exact) mass is 319 g/mol. The maximum absolute atomic E-state index is 13.4. The van der Waals surface area contributed by atoms with Gasteiger partial charge in [0.25, 0.3) is 0 Å². The number of benzene rings is 1. The summed E-state index contributed by atoms with van der Waals surface area (Å²) in [7, 11) is 0. The van der Waals surface area contributed by atoms with Crippen molar-refractivity contribution in [2.24, 2.45) is 5.73 Å². The van der Waals surface area contributed by atoms with Crippen molar-refractivity contribution in [2.45, 2.75) is 18.8 Å². The predicted molar refractivity (Wildman–Crippen MR) is 70.3 cm³/mol. The molecule has 82 valence electrons. The first-order valence-electron chi connectivity index (χ1n) is 4.80. The summed E-state index contributed by atoms with van der Waals surface area (Å²) in [5.74, 6) is -0.183. The summed E-state index contributed by atoms with van der Waals surface area (Å²) in [5, 5.41) is 0. The Morgan fingerprint density at radius 3 is 2.73 bits per heavy atom. The highest BCUT2D eigenvalue weighted by molar-refractivity contribution is 14.1. The quantitative estimate of drug-likeness (QED) is 0.669. The lowest BCUT2D eigenvalue weighted by Crippen LogP contribution is -2.31. The molecular formula is C12H15FIN. The molecule has 1 rings (SSSR count). The van der Waals surface area contributed by atoms with Crippen molar-refractivity contribution in [3.8, 4) is 0 Å². The Bertz CT molecular complexity index is 365. The van der Waals surface area contributed by atoms with Crippen molar-refractivity contribution in [3.05, 3.63) is 45.8 Å². The van der Waals surface area contributed by atoms with Gasteiger partial charge in [0.1, 0.15) is 5.82 Å². The molecule has 1 aromatic carbocycles. The fourth-order valence-electron chi connectivity index (χ4n) is 1.51. The Hall–Kier alpha value is -0.420.